The lowest BCUT2D eigenvalue weighted by Crippen LogP contribution is -2.51. The lowest BCUT2D eigenvalue weighted by atomic mass is 9.95. The molecule has 0 heterocycles. The van der Waals surface area contributed by atoms with E-state index >= 15 is 0 Å². The largest absolute Gasteiger partial charge is 0.483 e. The molecular formula is C28H38N2O3. The van der Waals surface area contributed by atoms with Gasteiger partial charge in [-0.25, -0.2) is 0 Å². The van der Waals surface area contributed by atoms with E-state index < -0.39 is 6.04 Å². The van der Waals surface area contributed by atoms with Crippen molar-refractivity contribution in [2.75, 3.05) is 6.61 Å². The van der Waals surface area contributed by atoms with Gasteiger partial charge in [-0.3, -0.25) is 9.59 Å². The molecule has 33 heavy (non-hydrogen) atoms. The molecule has 2 aromatic carbocycles. The predicted octanol–water partition coefficient (Wildman–Crippen LogP) is 5.36. The number of amides is 2. The highest BCUT2D eigenvalue weighted by Gasteiger charge is 2.28. The molecule has 0 bridgehead atoms. The summed E-state index contributed by atoms with van der Waals surface area (Å²) >= 11 is 0. The van der Waals surface area contributed by atoms with Crippen molar-refractivity contribution in [3.63, 3.8) is 0 Å². The molecule has 0 unspecified atom stereocenters. The number of carbonyl (C=O) groups is 2. The Morgan fingerprint density at radius 3 is 2.45 bits per heavy atom. The lowest BCUT2D eigenvalue weighted by Gasteiger charge is -2.31. The Morgan fingerprint density at radius 2 is 1.76 bits per heavy atom. The summed E-state index contributed by atoms with van der Waals surface area (Å²) in [5, 5.41) is 3.18. The van der Waals surface area contributed by atoms with Crippen molar-refractivity contribution in [3.05, 3.63) is 65.2 Å². The molecular weight excluding hydrogens is 412 g/mol. The number of nitrogens with zero attached hydrogens (tertiary/aromatic N) is 1. The van der Waals surface area contributed by atoms with Crippen LogP contribution in [0.25, 0.3) is 0 Å². The average Bonchev–Trinajstić information content (AvgIpc) is 2.81. The Labute approximate surface area is 198 Å². The van der Waals surface area contributed by atoms with Crippen LogP contribution >= 0.6 is 0 Å². The first-order valence-electron chi connectivity index (χ1n) is 12.2. The third-order valence-corrected chi connectivity index (χ3v) is 6.45. The van der Waals surface area contributed by atoms with Gasteiger partial charge in [-0.05, 0) is 49.8 Å². The first-order chi connectivity index (χ1) is 15.8. The number of benzene rings is 2. The number of hydrogen-bond acceptors (Lipinski definition) is 3. The van der Waals surface area contributed by atoms with Crippen LogP contribution in [0.4, 0.5) is 0 Å². The molecule has 0 spiro atoms. The minimum atomic E-state index is -0.580. The fourth-order valence-corrected chi connectivity index (χ4v) is 4.47. The Morgan fingerprint density at radius 1 is 1.03 bits per heavy atom. The number of ether oxygens (including phenoxy) is 1. The molecule has 1 aliphatic carbocycles. The number of hydrogen-bond donors (Lipinski definition) is 1. The first-order valence-corrected chi connectivity index (χ1v) is 12.2. The SMILES string of the molecule is Cc1cccc(CN(C(=O)COc2ccccc2C(C)C)[C@H](C)C(=O)NC2CCCCC2)c1. The Kier molecular flexibility index (Phi) is 8.93. The summed E-state index contributed by atoms with van der Waals surface area (Å²) in [6.07, 6.45) is 5.55. The van der Waals surface area contributed by atoms with Crippen molar-refractivity contribution < 1.29 is 14.3 Å². The Hall–Kier alpha value is -2.82. The van der Waals surface area contributed by atoms with Crippen LogP contribution in [-0.2, 0) is 16.1 Å². The van der Waals surface area contributed by atoms with Gasteiger partial charge in [-0.1, -0.05) is 81.1 Å². The van der Waals surface area contributed by atoms with Crippen molar-refractivity contribution in [2.24, 2.45) is 0 Å². The van der Waals surface area contributed by atoms with Crippen molar-refractivity contribution in [2.45, 2.75) is 84.3 Å². The van der Waals surface area contributed by atoms with Gasteiger partial charge in [-0.15, -0.1) is 0 Å². The van der Waals surface area contributed by atoms with Crippen LogP contribution < -0.4 is 10.1 Å². The number of rotatable bonds is 9. The minimum Gasteiger partial charge on any atom is -0.483 e. The zero-order valence-electron chi connectivity index (χ0n) is 20.5. The van der Waals surface area contributed by atoms with Crippen molar-refractivity contribution in [1.82, 2.24) is 10.2 Å². The minimum absolute atomic E-state index is 0.0921. The van der Waals surface area contributed by atoms with E-state index in [1.165, 1.54) is 6.42 Å². The number of para-hydroxylation sites is 1. The van der Waals surface area contributed by atoms with Gasteiger partial charge < -0.3 is 15.0 Å². The van der Waals surface area contributed by atoms with Crippen LogP contribution in [0.2, 0.25) is 0 Å². The van der Waals surface area contributed by atoms with Gasteiger partial charge in [-0.2, -0.15) is 0 Å². The maximum atomic E-state index is 13.3. The molecule has 0 radical (unpaired) electrons. The second-order valence-corrected chi connectivity index (χ2v) is 9.51. The standard InChI is InChI=1S/C28H38N2O3/c1-20(2)25-15-8-9-16-26(25)33-19-27(31)30(18-23-12-10-11-21(3)17-23)22(4)28(32)29-24-13-6-5-7-14-24/h8-12,15-17,20,22,24H,5-7,13-14,18-19H2,1-4H3,(H,29,32)/t22-/m1/s1. The molecule has 0 aliphatic heterocycles. The summed E-state index contributed by atoms with van der Waals surface area (Å²) in [5.41, 5.74) is 3.20. The summed E-state index contributed by atoms with van der Waals surface area (Å²) in [4.78, 5) is 28.1. The van der Waals surface area contributed by atoms with E-state index in [9.17, 15) is 9.59 Å². The molecule has 1 fully saturated rings. The molecule has 2 aromatic rings. The van der Waals surface area contributed by atoms with Crippen LogP contribution in [0.5, 0.6) is 5.75 Å². The van der Waals surface area contributed by atoms with Crippen LogP contribution in [0, 0.1) is 6.92 Å². The van der Waals surface area contributed by atoms with E-state index in [2.05, 4.69) is 25.2 Å². The maximum absolute atomic E-state index is 13.3. The zero-order valence-corrected chi connectivity index (χ0v) is 20.5. The van der Waals surface area contributed by atoms with E-state index in [0.717, 1.165) is 48.1 Å². The summed E-state index contributed by atoms with van der Waals surface area (Å²) < 4.78 is 5.96. The van der Waals surface area contributed by atoms with Gasteiger partial charge in [0, 0.05) is 12.6 Å². The summed E-state index contributed by atoms with van der Waals surface area (Å²) in [7, 11) is 0. The summed E-state index contributed by atoms with van der Waals surface area (Å²) in [5.74, 6) is 0.724. The molecule has 1 N–H and O–H groups in total. The highest BCUT2D eigenvalue weighted by atomic mass is 16.5. The number of carbonyl (C=O) groups excluding carboxylic acids is 2. The molecule has 5 heteroatoms. The van der Waals surface area contributed by atoms with Crippen molar-refractivity contribution in [1.29, 1.82) is 0 Å². The van der Waals surface area contributed by atoms with E-state index in [0.29, 0.717) is 12.5 Å². The highest BCUT2D eigenvalue weighted by molar-refractivity contribution is 5.88. The first kappa shape index (κ1) is 24.8. The van der Waals surface area contributed by atoms with Gasteiger partial charge in [0.1, 0.15) is 11.8 Å². The van der Waals surface area contributed by atoms with E-state index in [1.54, 1.807) is 4.90 Å². The topological polar surface area (TPSA) is 58.6 Å². The van der Waals surface area contributed by atoms with Crippen LogP contribution in [0.15, 0.2) is 48.5 Å². The normalized spacial score (nSPS) is 15.2. The van der Waals surface area contributed by atoms with E-state index in [1.807, 2.05) is 56.3 Å². The monoisotopic (exact) mass is 450 g/mol. The van der Waals surface area contributed by atoms with Gasteiger partial charge in [0.2, 0.25) is 5.91 Å². The second kappa shape index (κ2) is 11.9. The van der Waals surface area contributed by atoms with E-state index in [-0.39, 0.29) is 24.5 Å². The van der Waals surface area contributed by atoms with Gasteiger partial charge in [0.05, 0.1) is 0 Å². The van der Waals surface area contributed by atoms with Gasteiger partial charge in [0.25, 0.3) is 5.91 Å². The van der Waals surface area contributed by atoms with Gasteiger partial charge >= 0.3 is 0 Å². The molecule has 178 valence electrons. The number of aryl methyl sites for hydroxylation is 1. The van der Waals surface area contributed by atoms with E-state index in [4.69, 9.17) is 4.74 Å². The molecule has 1 saturated carbocycles. The fraction of sp³-hybridized carbons (Fsp3) is 0.500. The summed E-state index contributed by atoms with van der Waals surface area (Å²) in [6.45, 7) is 8.32. The van der Waals surface area contributed by atoms with Gasteiger partial charge in [0.15, 0.2) is 6.61 Å². The fourth-order valence-electron chi connectivity index (χ4n) is 4.47. The quantitative estimate of drug-likeness (QED) is 0.559. The Bertz CT molecular complexity index is 934. The third kappa shape index (κ3) is 7.08. The molecule has 3 rings (SSSR count). The highest BCUT2D eigenvalue weighted by Crippen LogP contribution is 2.26. The molecule has 1 aliphatic rings. The maximum Gasteiger partial charge on any atom is 0.261 e. The molecule has 2 amide bonds. The van der Waals surface area contributed by atoms with Crippen LogP contribution in [0.3, 0.4) is 0 Å². The summed E-state index contributed by atoms with van der Waals surface area (Å²) in [6, 6.07) is 15.5. The van der Waals surface area contributed by atoms with Crippen LogP contribution in [-0.4, -0.2) is 35.4 Å². The lowest BCUT2D eigenvalue weighted by molar-refractivity contribution is -0.142. The molecule has 5 nitrogen and oxygen atoms in total. The predicted molar refractivity (Wildman–Crippen MR) is 132 cm³/mol. The second-order valence-electron chi connectivity index (χ2n) is 9.51. The Balaban J connectivity index is 1.74. The molecule has 0 aromatic heterocycles. The third-order valence-electron chi connectivity index (χ3n) is 6.45. The zero-order chi connectivity index (χ0) is 23.8. The van der Waals surface area contributed by atoms with Crippen LogP contribution in [0.1, 0.15) is 75.5 Å². The van der Waals surface area contributed by atoms with Crippen molar-refractivity contribution >= 4 is 11.8 Å². The molecule has 1 atom stereocenters. The number of nitrogens with one attached hydrogen (secondary N) is 1. The average molecular weight is 451 g/mol. The molecule has 0 saturated heterocycles. The smallest absolute Gasteiger partial charge is 0.261 e. The van der Waals surface area contributed by atoms with Crippen molar-refractivity contribution in [3.8, 4) is 5.75 Å².